The number of alkyl halides is 3. The van der Waals surface area contributed by atoms with E-state index in [-0.39, 0.29) is 23.8 Å². The Morgan fingerprint density at radius 3 is 2.51 bits per heavy atom. The molecule has 0 aliphatic rings. The van der Waals surface area contributed by atoms with Gasteiger partial charge in [0.25, 0.3) is 0 Å². The van der Waals surface area contributed by atoms with Gasteiger partial charge in [-0.05, 0) is 71.5 Å². The molecule has 0 fully saturated rings. The Balaban J connectivity index is 1.47. The molecule has 0 aliphatic carbocycles. The predicted molar refractivity (Wildman–Crippen MR) is 142 cm³/mol. The molecular weight excluding hydrogens is 507 g/mol. The van der Waals surface area contributed by atoms with E-state index in [2.05, 4.69) is 10.4 Å². The Morgan fingerprint density at radius 1 is 1.05 bits per heavy atom. The molecule has 0 radical (unpaired) electrons. The SMILES string of the molecule is Cc1cc(OCc2c(C(C)C)cnn2-c2ccccc2C(F)(F)F)ccc1CNCc1cccc(C(=O)O)c1. The minimum Gasteiger partial charge on any atom is -0.487 e. The maximum Gasteiger partial charge on any atom is 0.418 e. The van der Waals surface area contributed by atoms with Gasteiger partial charge in [-0.1, -0.05) is 44.2 Å². The van der Waals surface area contributed by atoms with Gasteiger partial charge in [-0.3, -0.25) is 0 Å². The van der Waals surface area contributed by atoms with Crippen molar-refractivity contribution < 1.29 is 27.8 Å². The van der Waals surface area contributed by atoms with Crippen LogP contribution >= 0.6 is 0 Å². The standard InChI is InChI=1S/C30H30F3N3O3/c1-19(2)25-17-35-36(27-10-5-4-9-26(27)30(31,32)33)28(25)18-39-24-12-11-23(20(3)13-24)16-34-15-21-7-6-8-22(14-21)29(37)38/h4-14,17,19,34H,15-16,18H2,1-3H3,(H,37,38). The number of aryl methyl sites for hydroxylation is 1. The van der Waals surface area contributed by atoms with Gasteiger partial charge in [0.2, 0.25) is 0 Å². The molecule has 0 aliphatic heterocycles. The van der Waals surface area contributed by atoms with Crippen molar-refractivity contribution in [3.05, 3.63) is 112 Å². The lowest BCUT2D eigenvalue weighted by atomic mass is 10.0. The van der Waals surface area contributed by atoms with E-state index in [0.29, 0.717) is 24.5 Å². The largest absolute Gasteiger partial charge is 0.487 e. The number of aromatic nitrogens is 2. The summed E-state index contributed by atoms with van der Waals surface area (Å²) in [5.74, 6) is -0.324. The highest BCUT2D eigenvalue weighted by atomic mass is 19.4. The first kappa shape index (κ1) is 27.9. The van der Waals surface area contributed by atoms with Crippen molar-refractivity contribution in [1.82, 2.24) is 15.1 Å². The second-order valence-corrected chi connectivity index (χ2v) is 9.61. The van der Waals surface area contributed by atoms with Gasteiger partial charge in [-0.2, -0.15) is 18.3 Å². The van der Waals surface area contributed by atoms with Crippen molar-refractivity contribution in [3.8, 4) is 11.4 Å². The number of hydrogen-bond acceptors (Lipinski definition) is 4. The number of nitrogens with one attached hydrogen (secondary N) is 1. The van der Waals surface area contributed by atoms with Gasteiger partial charge in [0.1, 0.15) is 12.4 Å². The molecule has 6 nitrogen and oxygen atoms in total. The molecule has 1 heterocycles. The van der Waals surface area contributed by atoms with E-state index in [1.165, 1.54) is 16.8 Å². The summed E-state index contributed by atoms with van der Waals surface area (Å²) in [5.41, 5.74) is 3.73. The van der Waals surface area contributed by atoms with Gasteiger partial charge in [0.05, 0.1) is 28.7 Å². The topological polar surface area (TPSA) is 76.4 Å². The lowest BCUT2D eigenvalue weighted by molar-refractivity contribution is -0.137. The minimum atomic E-state index is -4.52. The van der Waals surface area contributed by atoms with E-state index in [0.717, 1.165) is 28.3 Å². The van der Waals surface area contributed by atoms with Crippen LogP contribution in [0, 0.1) is 6.92 Å². The number of benzene rings is 3. The van der Waals surface area contributed by atoms with Crippen LogP contribution in [0.5, 0.6) is 5.75 Å². The fourth-order valence-corrected chi connectivity index (χ4v) is 4.38. The van der Waals surface area contributed by atoms with Crippen LogP contribution in [-0.4, -0.2) is 20.9 Å². The number of rotatable bonds is 10. The first-order valence-electron chi connectivity index (χ1n) is 12.5. The molecule has 0 saturated carbocycles. The number of para-hydroxylation sites is 1. The van der Waals surface area contributed by atoms with Crippen LogP contribution in [0.4, 0.5) is 13.2 Å². The van der Waals surface area contributed by atoms with Crippen LogP contribution in [0.15, 0.2) is 72.9 Å². The van der Waals surface area contributed by atoms with E-state index in [1.54, 1.807) is 30.5 Å². The highest BCUT2D eigenvalue weighted by Crippen LogP contribution is 2.35. The van der Waals surface area contributed by atoms with Gasteiger partial charge in [0.15, 0.2) is 0 Å². The molecule has 0 unspecified atom stereocenters. The zero-order chi connectivity index (χ0) is 28.2. The molecule has 2 N–H and O–H groups in total. The second kappa shape index (κ2) is 11.7. The van der Waals surface area contributed by atoms with E-state index in [1.807, 2.05) is 45.0 Å². The minimum absolute atomic E-state index is 0.0398. The lowest BCUT2D eigenvalue weighted by Gasteiger charge is -2.17. The van der Waals surface area contributed by atoms with E-state index in [9.17, 15) is 18.0 Å². The van der Waals surface area contributed by atoms with Crippen LogP contribution in [0.3, 0.4) is 0 Å². The molecule has 4 rings (SSSR count). The maximum absolute atomic E-state index is 13.7. The number of ether oxygens (including phenoxy) is 1. The Kier molecular flexibility index (Phi) is 8.40. The zero-order valence-electron chi connectivity index (χ0n) is 21.9. The zero-order valence-corrected chi connectivity index (χ0v) is 21.9. The highest BCUT2D eigenvalue weighted by molar-refractivity contribution is 5.87. The summed E-state index contributed by atoms with van der Waals surface area (Å²) in [7, 11) is 0. The van der Waals surface area contributed by atoms with Gasteiger partial charge < -0.3 is 15.2 Å². The molecule has 0 bridgehead atoms. The van der Waals surface area contributed by atoms with Gasteiger partial charge in [0, 0.05) is 13.1 Å². The molecule has 0 saturated heterocycles. The van der Waals surface area contributed by atoms with Gasteiger partial charge in [-0.25, -0.2) is 9.48 Å². The smallest absolute Gasteiger partial charge is 0.418 e. The molecular formula is C30H30F3N3O3. The lowest BCUT2D eigenvalue weighted by Crippen LogP contribution is -2.15. The first-order valence-corrected chi connectivity index (χ1v) is 12.5. The average Bonchev–Trinajstić information content (AvgIpc) is 3.32. The summed E-state index contributed by atoms with van der Waals surface area (Å²) >= 11 is 0. The van der Waals surface area contributed by atoms with Crippen molar-refractivity contribution in [2.24, 2.45) is 0 Å². The summed E-state index contributed by atoms with van der Waals surface area (Å²) in [6.07, 6.45) is -2.92. The van der Waals surface area contributed by atoms with Crippen LogP contribution in [0.25, 0.3) is 5.69 Å². The monoisotopic (exact) mass is 537 g/mol. The van der Waals surface area contributed by atoms with Gasteiger partial charge in [-0.15, -0.1) is 0 Å². The Bertz CT molecular complexity index is 1460. The van der Waals surface area contributed by atoms with Crippen molar-refractivity contribution in [2.45, 2.75) is 52.6 Å². The number of halogens is 3. The second-order valence-electron chi connectivity index (χ2n) is 9.61. The quantitative estimate of drug-likeness (QED) is 0.230. The molecule has 0 atom stereocenters. The van der Waals surface area contributed by atoms with Crippen molar-refractivity contribution in [2.75, 3.05) is 0 Å². The van der Waals surface area contributed by atoms with Crippen molar-refractivity contribution >= 4 is 5.97 Å². The Hall–Kier alpha value is -4.11. The fraction of sp³-hybridized carbons (Fsp3) is 0.267. The third kappa shape index (κ3) is 6.67. The third-order valence-corrected chi connectivity index (χ3v) is 6.47. The van der Waals surface area contributed by atoms with Crippen LogP contribution in [-0.2, 0) is 25.9 Å². The summed E-state index contributed by atoms with van der Waals surface area (Å²) in [6.45, 7) is 7.02. The summed E-state index contributed by atoms with van der Waals surface area (Å²) in [4.78, 5) is 11.2. The number of carbonyl (C=O) groups is 1. The molecule has 1 aromatic heterocycles. The molecule has 0 amide bonds. The van der Waals surface area contributed by atoms with Crippen LogP contribution < -0.4 is 10.1 Å². The van der Waals surface area contributed by atoms with E-state index < -0.39 is 17.7 Å². The number of nitrogens with zero attached hydrogens (tertiary/aromatic N) is 2. The first-order chi connectivity index (χ1) is 18.5. The predicted octanol–water partition coefficient (Wildman–Crippen LogP) is 6.89. The van der Waals surface area contributed by atoms with E-state index in [4.69, 9.17) is 9.84 Å². The third-order valence-electron chi connectivity index (χ3n) is 6.47. The molecule has 0 spiro atoms. The normalized spacial score (nSPS) is 11.7. The summed E-state index contributed by atoms with van der Waals surface area (Å²) in [6, 6.07) is 17.8. The molecule has 204 valence electrons. The molecule has 9 heteroatoms. The van der Waals surface area contributed by atoms with Crippen LogP contribution in [0.2, 0.25) is 0 Å². The number of carboxylic acid groups (broad SMARTS) is 1. The summed E-state index contributed by atoms with van der Waals surface area (Å²) in [5, 5.41) is 16.8. The van der Waals surface area contributed by atoms with Crippen molar-refractivity contribution in [3.63, 3.8) is 0 Å². The highest BCUT2D eigenvalue weighted by Gasteiger charge is 2.34. The number of hydrogen-bond donors (Lipinski definition) is 2. The Labute approximate surface area is 225 Å². The van der Waals surface area contributed by atoms with Crippen LogP contribution in [0.1, 0.15) is 63.6 Å². The maximum atomic E-state index is 13.7. The fourth-order valence-electron chi connectivity index (χ4n) is 4.38. The van der Waals surface area contributed by atoms with Crippen molar-refractivity contribution in [1.29, 1.82) is 0 Å². The molecule has 4 aromatic rings. The number of carboxylic acids is 1. The Morgan fingerprint density at radius 2 is 1.82 bits per heavy atom. The molecule has 39 heavy (non-hydrogen) atoms. The van der Waals surface area contributed by atoms with Gasteiger partial charge >= 0.3 is 12.1 Å². The van der Waals surface area contributed by atoms with E-state index >= 15 is 0 Å². The summed E-state index contributed by atoms with van der Waals surface area (Å²) < 4.78 is 48.5. The molecule has 3 aromatic carbocycles. The number of aromatic carboxylic acids is 1. The average molecular weight is 538 g/mol.